The zero-order chi connectivity index (χ0) is 20.5. The van der Waals surface area contributed by atoms with Crippen LogP contribution in [0.25, 0.3) is 22.6 Å². The molecule has 4 rings (SSSR count). The van der Waals surface area contributed by atoms with Crippen LogP contribution in [0.2, 0.25) is 0 Å². The fourth-order valence-electron chi connectivity index (χ4n) is 3.14. The number of aryl methyl sites for hydroxylation is 1. The molecule has 0 fully saturated rings. The van der Waals surface area contributed by atoms with Gasteiger partial charge in [0.1, 0.15) is 17.0 Å². The number of rotatable bonds is 4. The van der Waals surface area contributed by atoms with E-state index >= 15 is 0 Å². The summed E-state index contributed by atoms with van der Waals surface area (Å²) in [5.74, 6) is 0.449. The lowest BCUT2D eigenvalue weighted by Crippen LogP contribution is -2.14. The molecule has 1 aromatic heterocycles. The molecule has 0 saturated carbocycles. The first-order valence-electron chi connectivity index (χ1n) is 8.80. The van der Waals surface area contributed by atoms with Crippen molar-refractivity contribution in [3.05, 3.63) is 70.2 Å². The van der Waals surface area contributed by atoms with Crippen LogP contribution >= 0.6 is 15.9 Å². The molecule has 7 heteroatoms. The summed E-state index contributed by atoms with van der Waals surface area (Å²) in [6, 6.07) is 15.6. The number of ether oxygens (including phenoxy) is 1. The van der Waals surface area contributed by atoms with E-state index in [1.54, 1.807) is 24.3 Å². The van der Waals surface area contributed by atoms with Gasteiger partial charge in [-0.05, 0) is 55.0 Å². The number of oxazole rings is 1. The van der Waals surface area contributed by atoms with Crippen molar-refractivity contribution in [1.29, 1.82) is 0 Å². The van der Waals surface area contributed by atoms with Gasteiger partial charge in [0.05, 0.1) is 18.2 Å². The molecule has 6 nitrogen and oxygen atoms in total. The molecule has 0 saturated heterocycles. The number of benzene rings is 3. The number of halogens is 1. The van der Waals surface area contributed by atoms with Crippen LogP contribution in [-0.4, -0.2) is 23.1 Å². The Morgan fingerprint density at radius 1 is 1.17 bits per heavy atom. The number of carbonyl (C=O) groups is 1. The number of carbonyl (C=O) groups excluding carboxylic acids is 1. The quantitative estimate of drug-likeness (QED) is 0.397. The number of para-hydroxylation sites is 2. The lowest BCUT2D eigenvalue weighted by Gasteiger charge is -2.13. The van der Waals surface area contributed by atoms with E-state index in [0.29, 0.717) is 33.7 Å². The molecular weight excluding hydrogens is 436 g/mol. The average molecular weight is 453 g/mol. The van der Waals surface area contributed by atoms with Crippen molar-refractivity contribution in [2.75, 3.05) is 12.4 Å². The lowest BCUT2D eigenvalue weighted by atomic mass is 10.1. The largest absolute Gasteiger partial charge is 0.507 e. The molecule has 0 radical (unpaired) electrons. The number of hydrogen-bond acceptors (Lipinski definition) is 5. The van der Waals surface area contributed by atoms with E-state index < -0.39 is 0 Å². The van der Waals surface area contributed by atoms with Crippen LogP contribution in [0.5, 0.6) is 11.5 Å². The Balaban J connectivity index is 1.69. The number of nitrogens with one attached hydrogen (secondary N) is 1. The van der Waals surface area contributed by atoms with Crippen molar-refractivity contribution in [3.63, 3.8) is 0 Å². The monoisotopic (exact) mass is 452 g/mol. The number of methoxy groups -OCH3 is 1. The number of amides is 1. The second kappa shape index (κ2) is 7.60. The lowest BCUT2D eigenvalue weighted by molar-refractivity contribution is 0.102. The van der Waals surface area contributed by atoms with Gasteiger partial charge in [-0.3, -0.25) is 4.79 Å². The van der Waals surface area contributed by atoms with E-state index in [-0.39, 0.29) is 17.5 Å². The molecule has 0 bridgehead atoms. The standard InChI is InChI=1S/C22H17BrN2O4/c1-12-9-13(23)10-16(20(12)28-2)21(27)24-14-7-8-18(26)15(11-14)22-25-17-5-3-4-6-19(17)29-22/h3-11,26H,1-2H3,(H,24,27). The second-order valence-corrected chi connectivity index (χ2v) is 7.39. The molecule has 0 spiro atoms. The normalized spacial score (nSPS) is 10.9. The van der Waals surface area contributed by atoms with Crippen LogP contribution in [-0.2, 0) is 0 Å². The first-order valence-corrected chi connectivity index (χ1v) is 9.60. The Morgan fingerprint density at radius 2 is 1.97 bits per heavy atom. The number of phenols is 1. The summed E-state index contributed by atoms with van der Waals surface area (Å²) in [6.45, 7) is 1.87. The first-order chi connectivity index (χ1) is 14.0. The fraction of sp³-hybridized carbons (Fsp3) is 0.0909. The van der Waals surface area contributed by atoms with Crippen LogP contribution in [0, 0.1) is 6.92 Å². The van der Waals surface area contributed by atoms with Crippen molar-refractivity contribution in [2.45, 2.75) is 6.92 Å². The highest BCUT2D eigenvalue weighted by Crippen LogP contribution is 2.34. The van der Waals surface area contributed by atoms with E-state index in [4.69, 9.17) is 9.15 Å². The molecule has 2 N–H and O–H groups in total. The summed E-state index contributed by atoms with van der Waals surface area (Å²) in [5, 5.41) is 13.1. The van der Waals surface area contributed by atoms with Crippen LogP contribution in [0.3, 0.4) is 0 Å². The molecule has 3 aromatic carbocycles. The maximum Gasteiger partial charge on any atom is 0.259 e. The van der Waals surface area contributed by atoms with Crippen molar-refractivity contribution >= 4 is 38.6 Å². The van der Waals surface area contributed by atoms with Gasteiger partial charge >= 0.3 is 0 Å². The first kappa shape index (κ1) is 19.0. The summed E-state index contributed by atoms with van der Waals surface area (Å²) in [7, 11) is 1.53. The smallest absolute Gasteiger partial charge is 0.259 e. The molecule has 0 aliphatic rings. The predicted molar refractivity (Wildman–Crippen MR) is 114 cm³/mol. The van der Waals surface area contributed by atoms with Crippen LogP contribution in [0.15, 0.2) is 63.5 Å². The highest BCUT2D eigenvalue weighted by Gasteiger charge is 2.18. The van der Waals surface area contributed by atoms with Gasteiger partial charge in [0.2, 0.25) is 5.89 Å². The summed E-state index contributed by atoms with van der Waals surface area (Å²) >= 11 is 3.41. The van der Waals surface area contributed by atoms with Gasteiger partial charge < -0.3 is 19.6 Å². The average Bonchev–Trinajstić information content (AvgIpc) is 3.12. The Labute approximate surface area is 175 Å². The predicted octanol–water partition coefficient (Wildman–Crippen LogP) is 5.53. The van der Waals surface area contributed by atoms with Gasteiger partial charge in [-0.25, -0.2) is 4.98 Å². The minimum absolute atomic E-state index is 0.00503. The van der Waals surface area contributed by atoms with Gasteiger partial charge in [-0.15, -0.1) is 0 Å². The SMILES string of the molecule is COc1c(C)cc(Br)cc1C(=O)Nc1ccc(O)c(-c2nc3ccccc3o2)c1. The molecule has 4 aromatic rings. The molecule has 1 heterocycles. The number of fused-ring (bicyclic) bond motifs is 1. The highest BCUT2D eigenvalue weighted by molar-refractivity contribution is 9.10. The molecule has 0 aliphatic carbocycles. The number of phenolic OH excluding ortho intramolecular Hbond substituents is 1. The molecule has 146 valence electrons. The zero-order valence-corrected chi connectivity index (χ0v) is 17.3. The van der Waals surface area contributed by atoms with Gasteiger partial charge in [-0.2, -0.15) is 0 Å². The van der Waals surface area contributed by atoms with Gasteiger partial charge in [0.25, 0.3) is 5.91 Å². The molecule has 0 aliphatic heterocycles. The summed E-state index contributed by atoms with van der Waals surface area (Å²) in [5.41, 5.74) is 3.42. The van der Waals surface area contributed by atoms with E-state index in [1.165, 1.54) is 13.2 Å². The number of aromatic hydroxyl groups is 1. The van der Waals surface area contributed by atoms with Crippen molar-refractivity contribution in [3.8, 4) is 23.0 Å². The third kappa shape index (κ3) is 3.69. The third-order valence-electron chi connectivity index (χ3n) is 4.47. The third-order valence-corrected chi connectivity index (χ3v) is 4.92. The van der Waals surface area contributed by atoms with Gasteiger partial charge in [0.15, 0.2) is 5.58 Å². The maximum atomic E-state index is 12.9. The molecule has 0 unspecified atom stereocenters. The van der Waals surface area contributed by atoms with Crippen molar-refractivity contribution < 1.29 is 19.1 Å². The minimum atomic E-state index is -0.333. The van der Waals surface area contributed by atoms with E-state index in [0.717, 1.165) is 10.0 Å². The Bertz CT molecular complexity index is 1200. The Kier molecular flexibility index (Phi) is 4.98. The molecule has 0 atom stereocenters. The van der Waals surface area contributed by atoms with Gasteiger partial charge in [-0.1, -0.05) is 28.1 Å². The van der Waals surface area contributed by atoms with Crippen LogP contribution in [0.4, 0.5) is 5.69 Å². The summed E-state index contributed by atoms with van der Waals surface area (Å²) < 4.78 is 11.9. The topological polar surface area (TPSA) is 84.6 Å². The van der Waals surface area contributed by atoms with Crippen molar-refractivity contribution in [2.24, 2.45) is 0 Å². The van der Waals surface area contributed by atoms with Crippen LogP contribution < -0.4 is 10.1 Å². The van der Waals surface area contributed by atoms with Gasteiger partial charge in [0, 0.05) is 10.2 Å². The van der Waals surface area contributed by atoms with E-state index in [1.807, 2.05) is 31.2 Å². The molecule has 29 heavy (non-hydrogen) atoms. The summed E-state index contributed by atoms with van der Waals surface area (Å²) in [6.07, 6.45) is 0. The fourth-order valence-corrected chi connectivity index (χ4v) is 3.71. The number of nitrogens with zero attached hydrogens (tertiary/aromatic N) is 1. The number of anilines is 1. The molecular formula is C22H17BrN2O4. The zero-order valence-electron chi connectivity index (χ0n) is 15.7. The second-order valence-electron chi connectivity index (χ2n) is 6.48. The van der Waals surface area contributed by atoms with Crippen molar-refractivity contribution in [1.82, 2.24) is 4.98 Å². The Morgan fingerprint density at radius 3 is 2.72 bits per heavy atom. The van der Waals surface area contributed by atoms with Crippen LogP contribution in [0.1, 0.15) is 15.9 Å². The van der Waals surface area contributed by atoms with E-state index in [9.17, 15) is 9.90 Å². The van der Waals surface area contributed by atoms with E-state index in [2.05, 4.69) is 26.2 Å². The Hall–Kier alpha value is -3.32. The highest BCUT2D eigenvalue weighted by atomic mass is 79.9. The number of aromatic nitrogens is 1. The number of hydrogen-bond donors (Lipinski definition) is 2. The molecule has 1 amide bonds. The summed E-state index contributed by atoms with van der Waals surface area (Å²) in [4.78, 5) is 17.3. The maximum absolute atomic E-state index is 12.9. The minimum Gasteiger partial charge on any atom is -0.507 e.